The number of para-hydroxylation sites is 1. The zero-order chi connectivity index (χ0) is 25.5. The molecule has 1 N–H and O–H groups in total. The number of carbonyl (C=O) groups excluding carboxylic acids is 2. The average molecular weight is 488 g/mol. The van der Waals surface area contributed by atoms with E-state index < -0.39 is 22.0 Å². The molecule has 0 saturated heterocycles. The van der Waals surface area contributed by atoms with Gasteiger partial charge >= 0.3 is 0 Å². The number of nitrogens with zero attached hydrogens (tertiary/aromatic N) is 2. The number of carbonyl (C=O) groups is 2. The smallest absolute Gasteiger partial charge is 0.244 e. The number of hydrogen-bond acceptors (Lipinski definition) is 4. The molecule has 0 saturated carbocycles. The van der Waals surface area contributed by atoms with Crippen LogP contribution >= 0.6 is 0 Å². The van der Waals surface area contributed by atoms with Crippen molar-refractivity contribution in [2.75, 3.05) is 23.7 Å². The molecular weight excluding hydrogens is 450 g/mol. The Hall–Kier alpha value is -2.87. The lowest BCUT2D eigenvalue weighted by molar-refractivity contribution is -0.140. The zero-order valence-corrected chi connectivity index (χ0v) is 21.9. The molecule has 8 heteroatoms. The summed E-state index contributed by atoms with van der Waals surface area (Å²) in [5, 5.41) is 2.93. The van der Waals surface area contributed by atoms with E-state index in [0.717, 1.165) is 27.3 Å². The normalized spacial score (nSPS) is 12.3. The van der Waals surface area contributed by atoms with Crippen molar-refractivity contribution >= 4 is 27.5 Å². The molecule has 34 heavy (non-hydrogen) atoms. The summed E-state index contributed by atoms with van der Waals surface area (Å²) in [6, 6.07) is 14.0. The first-order valence-corrected chi connectivity index (χ1v) is 13.5. The van der Waals surface area contributed by atoms with E-state index in [9.17, 15) is 18.0 Å². The van der Waals surface area contributed by atoms with Gasteiger partial charge in [0.25, 0.3) is 0 Å². The van der Waals surface area contributed by atoms with Gasteiger partial charge in [-0.05, 0) is 48.9 Å². The monoisotopic (exact) mass is 487 g/mol. The molecule has 1 unspecified atom stereocenters. The quantitative estimate of drug-likeness (QED) is 0.524. The Labute approximate surface area is 204 Å². The Morgan fingerprint density at radius 3 is 2.09 bits per heavy atom. The topological polar surface area (TPSA) is 86.8 Å². The number of aryl methyl sites for hydroxylation is 2. The second-order valence-corrected chi connectivity index (χ2v) is 11.0. The van der Waals surface area contributed by atoms with E-state index in [0.29, 0.717) is 18.7 Å². The van der Waals surface area contributed by atoms with Crippen LogP contribution in [0.25, 0.3) is 0 Å². The third kappa shape index (κ3) is 7.32. The summed E-state index contributed by atoms with van der Waals surface area (Å²) < 4.78 is 26.5. The van der Waals surface area contributed by atoms with E-state index in [2.05, 4.69) is 5.32 Å². The fraction of sp³-hybridized carbons (Fsp3) is 0.462. The minimum absolute atomic E-state index is 0.213. The Bertz CT molecular complexity index is 1100. The van der Waals surface area contributed by atoms with E-state index in [1.807, 2.05) is 58.0 Å². The summed E-state index contributed by atoms with van der Waals surface area (Å²) >= 11 is 0. The summed E-state index contributed by atoms with van der Waals surface area (Å²) in [5.74, 6) is -0.396. The largest absolute Gasteiger partial charge is 0.354 e. The summed E-state index contributed by atoms with van der Waals surface area (Å²) in [7, 11) is -3.74. The highest BCUT2D eigenvalue weighted by molar-refractivity contribution is 7.92. The van der Waals surface area contributed by atoms with Gasteiger partial charge in [-0.15, -0.1) is 0 Å². The van der Waals surface area contributed by atoms with Crippen LogP contribution in [0, 0.1) is 19.8 Å². The van der Waals surface area contributed by atoms with E-state index in [4.69, 9.17) is 0 Å². The van der Waals surface area contributed by atoms with Crippen molar-refractivity contribution in [3.05, 3.63) is 65.2 Å². The van der Waals surface area contributed by atoms with Gasteiger partial charge in [-0.1, -0.05) is 63.2 Å². The standard InChI is InChI=1S/C26H37N3O4S/c1-7-23(26(31)27-16-19(2)3)28(17-22-14-10-8-12-20(22)4)25(30)18-29(34(6,32)33)24-15-11-9-13-21(24)5/h8-15,19,23H,7,16-18H2,1-6H3,(H,27,31). The summed E-state index contributed by atoms with van der Waals surface area (Å²) in [5.41, 5.74) is 3.10. The second kappa shape index (κ2) is 12.0. The van der Waals surface area contributed by atoms with E-state index in [1.165, 1.54) is 4.90 Å². The maximum absolute atomic E-state index is 13.7. The van der Waals surface area contributed by atoms with Gasteiger partial charge in [-0.25, -0.2) is 8.42 Å². The minimum atomic E-state index is -3.74. The molecule has 2 rings (SSSR count). The van der Waals surface area contributed by atoms with Gasteiger partial charge in [0.15, 0.2) is 0 Å². The highest BCUT2D eigenvalue weighted by Gasteiger charge is 2.32. The van der Waals surface area contributed by atoms with Crippen LogP contribution in [0.15, 0.2) is 48.5 Å². The van der Waals surface area contributed by atoms with Gasteiger partial charge in [0, 0.05) is 13.1 Å². The Morgan fingerprint density at radius 2 is 1.56 bits per heavy atom. The van der Waals surface area contributed by atoms with Crippen LogP contribution in [0.1, 0.15) is 43.9 Å². The molecule has 1 atom stereocenters. The van der Waals surface area contributed by atoms with Gasteiger partial charge in [-0.3, -0.25) is 13.9 Å². The van der Waals surface area contributed by atoms with Crippen LogP contribution < -0.4 is 9.62 Å². The number of hydrogen-bond donors (Lipinski definition) is 1. The van der Waals surface area contributed by atoms with Crippen LogP contribution in [-0.4, -0.2) is 50.5 Å². The zero-order valence-electron chi connectivity index (χ0n) is 21.0. The number of sulfonamides is 1. The molecule has 0 fully saturated rings. The first-order valence-electron chi connectivity index (χ1n) is 11.6. The van der Waals surface area contributed by atoms with Crippen molar-refractivity contribution in [1.82, 2.24) is 10.2 Å². The molecule has 0 spiro atoms. The fourth-order valence-corrected chi connectivity index (χ4v) is 4.66. The molecule has 2 aromatic carbocycles. The van der Waals surface area contributed by atoms with Gasteiger partial charge in [0.1, 0.15) is 12.6 Å². The van der Waals surface area contributed by atoms with Gasteiger partial charge in [-0.2, -0.15) is 0 Å². The average Bonchev–Trinajstić information content (AvgIpc) is 2.76. The number of anilines is 1. The second-order valence-electron chi connectivity index (χ2n) is 9.07. The van der Waals surface area contributed by atoms with Crippen LogP contribution in [0.2, 0.25) is 0 Å². The lowest BCUT2D eigenvalue weighted by atomic mass is 10.1. The van der Waals surface area contributed by atoms with Gasteiger partial charge < -0.3 is 10.2 Å². The molecule has 0 aliphatic rings. The predicted octanol–water partition coefficient (Wildman–Crippen LogP) is 3.65. The Balaban J connectivity index is 2.45. The molecule has 0 heterocycles. The lowest BCUT2D eigenvalue weighted by Gasteiger charge is -2.33. The highest BCUT2D eigenvalue weighted by atomic mass is 32.2. The van der Waals surface area contributed by atoms with Crippen molar-refractivity contribution in [1.29, 1.82) is 0 Å². The molecule has 0 bridgehead atoms. The van der Waals surface area contributed by atoms with Crippen molar-refractivity contribution in [2.24, 2.45) is 5.92 Å². The van der Waals surface area contributed by atoms with Crippen molar-refractivity contribution in [2.45, 2.75) is 53.6 Å². The van der Waals surface area contributed by atoms with Crippen molar-refractivity contribution in [3.63, 3.8) is 0 Å². The fourth-order valence-electron chi connectivity index (χ4n) is 3.75. The number of nitrogens with one attached hydrogen (secondary N) is 1. The first kappa shape index (κ1) is 27.4. The van der Waals surface area contributed by atoms with Crippen molar-refractivity contribution in [3.8, 4) is 0 Å². The predicted molar refractivity (Wildman–Crippen MR) is 137 cm³/mol. The van der Waals surface area contributed by atoms with Crippen LogP contribution in [-0.2, 0) is 26.2 Å². The number of benzene rings is 2. The Morgan fingerprint density at radius 1 is 0.971 bits per heavy atom. The maximum Gasteiger partial charge on any atom is 0.244 e. The maximum atomic E-state index is 13.7. The van der Waals surface area contributed by atoms with Crippen molar-refractivity contribution < 1.29 is 18.0 Å². The molecule has 2 amide bonds. The molecule has 0 aromatic heterocycles. The van der Waals surface area contributed by atoms with Crippen LogP contribution in [0.5, 0.6) is 0 Å². The molecule has 2 aromatic rings. The molecule has 7 nitrogen and oxygen atoms in total. The minimum Gasteiger partial charge on any atom is -0.354 e. The van der Waals surface area contributed by atoms with E-state index in [-0.39, 0.29) is 24.9 Å². The molecular formula is C26H37N3O4S. The van der Waals surface area contributed by atoms with Crippen LogP contribution in [0.3, 0.4) is 0 Å². The van der Waals surface area contributed by atoms with Gasteiger partial charge in [0.05, 0.1) is 11.9 Å². The molecule has 0 radical (unpaired) electrons. The summed E-state index contributed by atoms with van der Waals surface area (Å²) in [6.07, 6.45) is 1.50. The van der Waals surface area contributed by atoms with E-state index in [1.54, 1.807) is 25.1 Å². The van der Waals surface area contributed by atoms with E-state index >= 15 is 0 Å². The lowest BCUT2D eigenvalue weighted by Crippen LogP contribution is -2.52. The Kier molecular flexibility index (Phi) is 9.67. The third-order valence-corrected chi connectivity index (χ3v) is 6.86. The highest BCUT2D eigenvalue weighted by Crippen LogP contribution is 2.23. The number of amides is 2. The molecule has 186 valence electrons. The summed E-state index contributed by atoms with van der Waals surface area (Å²) in [6.45, 7) is 9.94. The first-order chi connectivity index (χ1) is 16.0. The number of rotatable bonds is 11. The van der Waals surface area contributed by atoms with Crippen LogP contribution in [0.4, 0.5) is 5.69 Å². The molecule has 0 aliphatic heterocycles. The third-order valence-electron chi connectivity index (χ3n) is 5.74. The molecule has 0 aliphatic carbocycles. The summed E-state index contributed by atoms with van der Waals surface area (Å²) in [4.78, 5) is 28.3. The SMILES string of the molecule is CCC(C(=O)NCC(C)C)N(Cc1ccccc1C)C(=O)CN(c1ccccc1C)S(C)(=O)=O. The van der Waals surface area contributed by atoms with Gasteiger partial charge in [0.2, 0.25) is 21.8 Å².